The molecule has 1 atom stereocenters. The Balaban J connectivity index is 2.06. The summed E-state index contributed by atoms with van der Waals surface area (Å²) >= 11 is 2.44. The van der Waals surface area contributed by atoms with Gasteiger partial charge in [-0.15, -0.1) is 11.8 Å². The first-order valence-corrected chi connectivity index (χ1v) is 6.16. The van der Waals surface area contributed by atoms with Crippen molar-refractivity contribution in [2.24, 2.45) is 0 Å². The second kappa shape index (κ2) is 4.28. The zero-order valence-corrected chi connectivity index (χ0v) is 9.65. The third-order valence-corrected chi connectivity index (χ3v) is 4.21. The van der Waals surface area contributed by atoms with Gasteiger partial charge in [-0.05, 0) is 30.8 Å². The number of hydrogen-bond donors (Lipinski definition) is 1. The van der Waals surface area contributed by atoms with Gasteiger partial charge in [0.2, 0.25) is 0 Å². The lowest BCUT2D eigenvalue weighted by atomic mass is 10.2. The topological polar surface area (TPSA) is 46.2 Å². The molecule has 1 aliphatic rings. The fraction of sp³-hybridized carbons (Fsp3) is 0.200. The van der Waals surface area contributed by atoms with Crippen LogP contribution in [0.5, 0.6) is 0 Å². The zero-order valence-electron chi connectivity index (χ0n) is 8.02. The van der Waals surface area contributed by atoms with Crippen molar-refractivity contribution in [3.05, 3.63) is 29.8 Å². The number of amides is 2. The first-order valence-electron chi connectivity index (χ1n) is 4.40. The van der Waals surface area contributed by atoms with Crippen molar-refractivity contribution in [3.63, 3.8) is 0 Å². The quantitative estimate of drug-likeness (QED) is 0.860. The molecule has 0 spiro atoms. The molecular weight excluding hydrogens is 230 g/mol. The number of rotatable bonds is 2. The Bertz CT molecular complexity index is 402. The van der Waals surface area contributed by atoms with Crippen LogP contribution in [-0.4, -0.2) is 15.7 Å². The summed E-state index contributed by atoms with van der Waals surface area (Å²) in [4.78, 5) is 23.2. The van der Waals surface area contributed by atoms with Crippen LogP contribution in [0.2, 0.25) is 0 Å². The summed E-state index contributed by atoms with van der Waals surface area (Å²) < 4.78 is -0.347. The summed E-state index contributed by atoms with van der Waals surface area (Å²) in [7, 11) is 0. The number of imide groups is 1. The van der Waals surface area contributed by atoms with Crippen molar-refractivity contribution in [2.75, 3.05) is 0 Å². The van der Waals surface area contributed by atoms with Gasteiger partial charge < -0.3 is 0 Å². The molecule has 1 aromatic carbocycles. The zero-order chi connectivity index (χ0) is 10.8. The lowest BCUT2D eigenvalue weighted by Crippen LogP contribution is -2.22. The minimum absolute atomic E-state index is 0.212. The fourth-order valence-corrected chi connectivity index (χ4v) is 3.17. The summed E-state index contributed by atoms with van der Waals surface area (Å²) in [6.07, 6.45) is 0. The number of aryl methyl sites for hydroxylation is 1. The number of carbonyl (C=O) groups is 2. The Hall–Kier alpha value is -0.940. The van der Waals surface area contributed by atoms with Crippen LogP contribution in [0.3, 0.4) is 0 Å². The largest absolute Gasteiger partial charge is 0.287 e. The van der Waals surface area contributed by atoms with E-state index in [4.69, 9.17) is 0 Å². The van der Waals surface area contributed by atoms with Crippen molar-refractivity contribution in [1.29, 1.82) is 0 Å². The predicted molar refractivity (Wildman–Crippen MR) is 62.0 cm³/mol. The Labute approximate surface area is 96.0 Å². The minimum Gasteiger partial charge on any atom is -0.285 e. The lowest BCUT2D eigenvalue weighted by Gasteiger charge is -2.04. The predicted octanol–water partition coefficient (Wildman–Crippen LogP) is 2.40. The molecule has 1 N–H and O–H groups in total. The summed E-state index contributed by atoms with van der Waals surface area (Å²) in [6, 6.07) is 7.89. The highest BCUT2D eigenvalue weighted by Gasteiger charge is 2.32. The van der Waals surface area contributed by atoms with E-state index in [1.54, 1.807) is 0 Å². The number of thioether (sulfide) groups is 2. The smallest absolute Gasteiger partial charge is 0.285 e. The van der Waals surface area contributed by atoms with E-state index in [2.05, 4.69) is 5.32 Å². The Morgan fingerprint density at radius 2 is 1.93 bits per heavy atom. The molecule has 1 heterocycles. The minimum atomic E-state index is -0.347. The molecule has 0 radical (unpaired) electrons. The van der Waals surface area contributed by atoms with Gasteiger partial charge in [0.1, 0.15) is 4.58 Å². The molecule has 1 unspecified atom stereocenters. The van der Waals surface area contributed by atoms with Crippen LogP contribution >= 0.6 is 23.5 Å². The summed E-state index contributed by atoms with van der Waals surface area (Å²) in [5.41, 5.74) is 1.18. The average Bonchev–Trinajstić information content (AvgIpc) is 2.49. The molecule has 78 valence electrons. The standard InChI is InChI=1S/C10H9NO2S2/c1-6-2-4-7(5-3-6)14-9-8(12)11-10(13)15-9/h2-5,9H,1H3,(H,11,12,13). The van der Waals surface area contributed by atoms with Crippen LogP contribution < -0.4 is 5.32 Å². The van der Waals surface area contributed by atoms with E-state index in [-0.39, 0.29) is 15.7 Å². The number of carbonyl (C=O) groups excluding carboxylic acids is 2. The number of benzene rings is 1. The third kappa shape index (κ3) is 2.54. The second-order valence-electron chi connectivity index (χ2n) is 3.16. The van der Waals surface area contributed by atoms with Crippen LogP contribution in [0.4, 0.5) is 4.79 Å². The van der Waals surface area contributed by atoms with Crippen LogP contribution in [-0.2, 0) is 4.79 Å². The van der Waals surface area contributed by atoms with Gasteiger partial charge in [-0.2, -0.15) is 0 Å². The van der Waals surface area contributed by atoms with Crippen molar-refractivity contribution in [3.8, 4) is 0 Å². The summed E-state index contributed by atoms with van der Waals surface area (Å²) in [6.45, 7) is 2.01. The molecular formula is C10H9NO2S2. The van der Waals surface area contributed by atoms with Gasteiger partial charge in [0, 0.05) is 4.90 Å². The maximum Gasteiger partial charge on any atom is 0.287 e. The lowest BCUT2D eigenvalue weighted by molar-refractivity contribution is -0.117. The summed E-state index contributed by atoms with van der Waals surface area (Å²) in [5, 5.41) is 2.00. The maximum absolute atomic E-state index is 11.3. The molecule has 0 saturated carbocycles. The Morgan fingerprint density at radius 3 is 2.47 bits per heavy atom. The van der Waals surface area contributed by atoms with Crippen LogP contribution in [0.1, 0.15) is 5.56 Å². The fourth-order valence-electron chi connectivity index (χ4n) is 1.16. The van der Waals surface area contributed by atoms with Crippen molar-refractivity contribution >= 4 is 34.7 Å². The highest BCUT2D eigenvalue weighted by atomic mass is 32.2. The maximum atomic E-state index is 11.3. The molecule has 3 nitrogen and oxygen atoms in total. The van der Waals surface area contributed by atoms with E-state index >= 15 is 0 Å². The van der Waals surface area contributed by atoms with E-state index in [9.17, 15) is 9.59 Å². The van der Waals surface area contributed by atoms with E-state index in [0.29, 0.717) is 0 Å². The molecule has 0 aromatic heterocycles. The van der Waals surface area contributed by atoms with Gasteiger partial charge in [-0.1, -0.05) is 17.7 Å². The highest BCUT2D eigenvalue weighted by Crippen LogP contribution is 2.34. The van der Waals surface area contributed by atoms with E-state index < -0.39 is 0 Å². The van der Waals surface area contributed by atoms with Crippen LogP contribution in [0, 0.1) is 6.92 Å². The molecule has 2 rings (SSSR count). The Morgan fingerprint density at radius 1 is 1.27 bits per heavy atom. The first kappa shape index (κ1) is 10.6. The molecule has 0 aliphatic carbocycles. The second-order valence-corrected chi connectivity index (χ2v) is 5.71. The van der Waals surface area contributed by atoms with Gasteiger partial charge in [0.05, 0.1) is 0 Å². The average molecular weight is 239 g/mol. The van der Waals surface area contributed by atoms with Crippen molar-refractivity contribution < 1.29 is 9.59 Å². The molecule has 0 bridgehead atoms. The summed E-state index contributed by atoms with van der Waals surface area (Å²) in [5.74, 6) is -0.212. The van der Waals surface area contributed by atoms with E-state index in [1.807, 2.05) is 31.2 Å². The van der Waals surface area contributed by atoms with Gasteiger partial charge in [0.15, 0.2) is 0 Å². The van der Waals surface area contributed by atoms with Crippen molar-refractivity contribution in [1.82, 2.24) is 5.32 Å². The van der Waals surface area contributed by atoms with Gasteiger partial charge in [0.25, 0.3) is 11.1 Å². The molecule has 1 aliphatic heterocycles. The van der Waals surface area contributed by atoms with Crippen LogP contribution in [0.25, 0.3) is 0 Å². The van der Waals surface area contributed by atoms with Gasteiger partial charge >= 0.3 is 0 Å². The molecule has 1 fully saturated rings. The molecule has 2 amide bonds. The molecule has 1 saturated heterocycles. The van der Waals surface area contributed by atoms with Crippen LogP contribution in [0.15, 0.2) is 29.2 Å². The number of hydrogen-bond acceptors (Lipinski definition) is 4. The highest BCUT2D eigenvalue weighted by molar-refractivity contribution is 8.26. The van der Waals surface area contributed by atoms with E-state index in [1.165, 1.54) is 17.3 Å². The normalized spacial score (nSPS) is 20.5. The van der Waals surface area contributed by atoms with Crippen molar-refractivity contribution in [2.45, 2.75) is 16.4 Å². The molecule has 1 aromatic rings. The van der Waals surface area contributed by atoms with Gasteiger partial charge in [-0.3, -0.25) is 14.9 Å². The Kier molecular flexibility index (Phi) is 3.02. The third-order valence-electron chi connectivity index (χ3n) is 1.92. The van der Waals surface area contributed by atoms with Gasteiger partial charge in [-0.25, -0.2) is 0 Å². The first-order chi connectivity index (χ1) is 7.15. The number of nitrogens with one attached hydrogen (secondary N) is 1. The SMILES string of the molecule is Cc1ccc(SC2SC(=O)NC2=O)cc1. The monoisotopic (exact) mass is 239 g/mol. The van der Waals surface area contributed by atoms with E-state index in [0.717, 1.165) is 16.7 Å². The molecule has 15 heavy (non-hydrogen) atoms. The molecule has 5 heteroatoms.